The smallest absolute Gasteiger partial charge is 0.352 e. The van der Waals surface area contributed by atoms with Gasteiger partial charge in [-0.3, -0.25) is 19.3 Å². The molecule has 0 bridgehead atoms. The van der Waals surface area contributed by atoms with Crippen LogP contribution in [0, 0.1) is 0 Å². The Balaban J connectivity index is 1.84. The maximum absolute atomic E-state index is 12.9. The molecule has 156 valence electrons. The average molecular weight is 441 g/mol. The molecule has 2 aliphatic heterocycles. The zero-order valence-corrected chi connectivity index (χ0v) is 17.2. The van der Waals surface area contributed by atoms with Crippen LogP contribution < -0.4 is 11.1 Å². The standard InChI is InChI=1S/C17H19N3O7S2/c1-8(21)27-6-9-7-29-16-17(26-2,15(25)20(16)12(9)14(23)24)19-13(22)11(18)10-4-3-5-28-10/h3-5,11,16H,6-7,18H2,1-2H3,(H,19,22)(H,23,24)/t11?,16?,17-/m0/s1. The van der Waals surface area contributed by atoms with Crippen LogP contribution in [0.5, 0.6) is 0 Å². The molecule has 3 atom stereocenters. The van der Waals surface area contributed by atoms with Crippen LogP contribution in [0.3, 0.4) is 0 Å². The molecule has 3 rings (SSSR count). The van der Waals surface area contributed by atoms with Gasteiger partial charge in [-0.1, -0.05) is 6.07 Å². The molecule has 0 saturated carbocycles. The Labute approximate surface area is 174 Å². The van der Waals surface area contributed by atoms with Crippen molar-refractivity contribution in [2.75, 3.05) is 19.5 Å². The van der Waals surface area contributed by atoms with Gasteiger partial charge in [0.2, 0.25) is 5.91 Å². The summed E-state index contributed by atoms with van der Waals surface area (Å²) in [5.74, 6) is -3.07. The molecule has 4 N–H and O–H groups in total. The van der Waals surface area contributed by atoms with Crippen LogP contribution in [0.2, 0.25) is 0 Å². The number of fused-ring (bicyclic) bond motifs is 1. The minimum atomic E-state index is -1.73. The summed E-state index contributed by atoms with van der Waals surface area (Å²) in [7, 11) is 1.26. The molecule has 1 fully saturated rings. The van der Waals surface area contributed by atoms with E-state index in [0.717, 1.165) is 4.90 Å². The predicted molar refractivity (Wildman–Crippen MR) is 104 cm³/mol. The first-order valence-corrected chi connectivity index (χ1v) is 10.4. The molecule has 2 unspecified atom stereocenters. The van der Waals surface area contributed by atoms with Crippen molar-refractivity contribution >= 4 is 46.9 Å². The first-order chi connectivity index (χ1) is 13.7. The Kier molecular flexibility index (Phi) is 5.98. The Morgan fingerprint density at radius 3 is 2.76 bits per heavy atom. The number of aliphatic carboxylic acids is 1. The van der Waals surface area contributed by atoms with E-state index in [4.69, 9.17) is 15.2 Å². The van der Waals surface area contributed by atoms with Gasteiger partial charge in [-0.2, -0.15) is 0 Å². The van der Waals surface area contributed by atoms with Crippen LogP contribution in [-0.4, -0.2) is 64.3 Å². The van der Waals surface area contributed by atoms with E-state index in [0.29, 0.717) is 4.88 Å². The molecule has 0 spiro atoms. The van der Waals surface area contributed by atoms with Gasteiger partial charge in [0.05, 0.1) is 0 Å². The zero-order valence-electron chi connectivity index (χ0n) is 15.5. The van der Waals surface area contributed by atoms with Gasteiger partial charge in [0.25, 0.3) is 11.6 Å². The number of carboxylic acids is 1. The van der Waals surface area contributed by atoms with E-state index < -0.39 is 40.9 Å². The molecule has 2 aliphatic rings. The number of nitrogens with two attached hydrogens (primary N) is 1. The van der Waals surface area contributed by atoms with Crippen LogP contribution in [0.25, 0.3) is 0 Å². The summed E-state index contributed by atoms with van der Waals surface area (Å²) in [4.78, 5) is 50.0. The predicted octanol–water partition coefficient (Wildman–Crippen LogP) is 0.0237. The highest BCUT2D eigenvalue weighted by atomic mass is 32.2. The largest absolute Gasteiger partial charge is 0.477 e. The average Bonchev–Trinajstić information content (AvgIpc) is 3.23. The third kappa shape index (κ3) is 3.64. The highest BCUT2D eigenvalue weighted by molar-refractivity contribution is 8.00. The normalized spacial score (nSPS) is 24.4. The number of carbonyl (C=O) groups excluding carboxylic acids is 3. The van der Waals surface area contributed by atoms with Crippen molar-refractivity contribution in [1.29, 1.82) is 0 Å². The number of β-lactam (4-membered cyclic amide) rings is 1. The number of carboxylic acid groups (broad SMARTS) is 1. The zero-order chi connectivity index (χ0) is 21.3. The number of carbonyl (C=O) groups is 4. The van der Waals surface area contributed by atoms with E-state index in [1.165, 1.54) is 37.1 Å². The van der Waals surface area contributed by atoms with Crippen molar-refractivity contribution in [3.05, 3.63) is 33.7 Å². The van der Waals surface area contributed by atoms with Crippen molar-refractivity contribution in [2.24, 2.45) is 5.73 Å². The Morgan fingerprint density at radius 2 is 2.21 bits per heavy atom. The van der Waals surface area contributed by atoms with Crippen LogP contribution in [0.4, 0.5) is 0 Å². The van der Waals surface area contributed by atoms with Gasteiger partial charge in [0, 0.05) is 30.2 Å². The summed E-state index contributed by atoms with van der Waals surface area (Å²) in [6, 6.07) is 2.46. The number of nitrogens with zero attached hydrogens (tertiary/aromatic N) is 1. The second-order valence-corrected chi connectivity index (χ2v) is 8.35. The lowest BCUT2D eigenvalue weighted by Gasteiger charge is -2.55. The number of thioether (sulfide) groups is 1. The third-order valence-electron chi connectivity index (χ3n) is 4.53. The number of thiophene rings is 1. The first-order valence-electron chi connectivity index (χ1n) is 8.43. The minimum Gasteiger partial charge on any atom is -0.477 e. The second-order valence-electron chi connectivity index (χ2n) is 6.30. The molecule has 1 aromatic heterocycles. The maximum Gasteiger partial charge on any atom is 0.352 e. The molecule has 0 aromatic carbocycles. The van der Waals surface area contributed by atoms with Gasteiger partial charge in [-0.15, -0.1) is 23.1 Å². The molecule has 3 heterocycles. The van der Waals surface area contributed by atoms with Gasteiger partial charge in [-0.25, -0.2) is 4.79 Å². The van der Waals surface area contributed by atoms with Gasteiger partial charge >= 0.3 is 11.9 Å². The van der Waals surface area contributed by atoms with E-state index in [-0.39, 0.29) is 23.6 Å². The van der Waals surface area contributed by atoms with Crippen molar-refractivity contribution in [2.45, 2.75) is 24.1 Å². The van der Waals surface area contributed by atoms with Crippen molar-refractivity contribution in [3.63, 3.8) is 0 Å². The van der Waals surface area contributed by atoms with E-state index in [1.54, 1.807) is 17.5 Å². The highest BCUT2D eigenvalue weighted by Crippen LogP contribution is 2.46. The van der Waals surface area contributed by atoms with Gasteiger partial charge in [0.1, 0.15) is 23.7 Å². The molecular formula is C17H19N3O7S2. The molecule has 2 amide bonds. The summed E-state index contributed by atoms with van der Waals surface area (Å²) in [6.07, 6.45) is 0. The minimum absolute atomic E-state index is 0.182. The van der Waals surface area contributed by atoms with Crippen LogP contribution in [0.15, 0.2) is 28.8 Å². The van der Waals surface area contributed by atoms with Crippen molar-refractivity contribution < 1.29 is 33.8 Å². The number of methoxy groups -OCH3 is 1. The molecule has 0 radical (unpaired) electrons. The van der Waals surface area contributed by atoms with E-state index in [2.05, 4.69) is 5.32 Å². The number of hydrogen-bond donors (Lipinski definition) is 3. The van der Waals surface area contributed by atoms with Crippen LogP contribution in [-0.2, 0) is 28.7 Å². The molecule has 12 heteroatoms. The van der Waals surface area contributed by atoms with Crippen molar-refractivity contribution in [3.8, 4) is 0 Å². The summed E-state index contributed by atoms with van der Waals surface area (Å²) in [5.41, 5.74) is 4.24. The number of ether oxygens (including phenoxy) is 2. The third-order valence-corrected chi connectivity index (χ3v) is 6.85. The lowest BCUT2D eigenvalue weighted by Crippen LogP contribution is -2.81. The fourth-order valence-corrected chi connectivity index (χ4v) is 5.25. The van der Waals surface area contributed by atoms with Gasteiger partial charge < -0.3 is 25.6 Å². The van der Waals surface area contributed by atoms with Crippen molar-refractivity contribution in [1.82, 2.24) is 10.2 Å². The maximum atomic E-state index is 12.9. The van der Waals surface area contributed by atoms with E-state index in [9.17, 15) is 24.3 Å². The monoisotopic (exact) mass is 441 g/mol. The molecule has 0 aliphatic carbocycles. The second kappa shape index (κ2) is 8.14. The Bertz CT molecular complexity index is 886. The molecule has 10 nitrogen and oxygen atoms in total. The fourth-order valence-electron chi connectivity index (χ4n) is 3.10. The fraction of sp³-hybridized carbons (Fsp3) is 0.412. The van der Waals surface area contributed by atoms with Crippen LogP contribution in [0.1, 0.15) is 17.8 Å². The summed E-state index contributed by atoms with van der Waals surface area (Å²) < 4.78 is 10.3. The first kappa shape index (κ1) is 21.3. The molecular weight excluding hydrogens is 422 g/mol. The SMILES string of the molecule is CO[C@@]1(NC(=O)C(N)c2cccs2)C(=O)N2C(C(=O)O)=C(COC(C)=O)CSC21. The Morgan fingerprint density at radius 1 is 1.48 bits per heavy atom. The molecule has 1 aromatic rings. The number of esters is 1. The summed E-state index contributed by atoms with van der Waals surface area (Å²) >= 11 is 2.50. The van der Waals surface area contributed by atoms with E-state index in [1.807, 2.05) is 0 Å². The van der Waals surface area contributed by atoms with Gasteiger partial charge in [0.15, 0.2) is 0 Å². The lowest BCUT2D eigenvalue weighted by atomic mass is 9.97. The number of hydrogen-bond acceptors (Lipinski definition) is 9. The molecule has 29 heavy (non-hydrogen) atoms. The number of amides is 2. The van der Waals surface area contributed by atoms with E-state index >= 15 is 0 Å². The Hall–Kier alpha value is -2.41. The molecule has 1 saturated heterocycles. The summed E-state index contributed by atoms with van der Waals surface area (Å²) in [5, 5.41) is 13.1. The highest BCUT2D eigenvalue weighted by Gasteiger charge is 2.66. The lowest BCUT2D eigenvalue weighted by molar-refractivity contribution is -0.192. The van der Waals surface area contributed by atoms with Gasteiger partial charge in [-0.05, 0) is 11.4 Å². The van der Waals surface area contributed by atoms with Crippen LogP contribution >= 0.6 is 23.1 Å². The number of nitrogens with one attached hydrogen (secondary N) is 1. The quantitative estimate of drug-likeness (QED) is 0.302. The summed E-state index contributed by atoms with van der Waals surface area (Å²) in [6.45, 7) is 0.965. The number of rotatable bonds is 7. The topological polar surface area (TPSA) is 148 Å².